The molecule has 0 N–H and O–H groups in total. The van der Waals surface area contributed by atoms with E-state index in [4.69, 9.17) is 9.47 Å². The van der Waals surface area contributed by atoms with E-state index in [-0.39, 0.29) is 18.6 Å². The van der Waals surface area contributed by atoms with Crippen molar-refractivity contribution in [2.45, 2.75) is 12.6 Å². The fourth-order valence-electron chi connectivity index (χ4n) is 3.55. The van der Waals surface area contributed by atoms with Crippen molar-refractivity contribution in [3.05, 3.63) is 84.7 Å². The van der Waals surface area contributed by atoms with Crippen LogP contribution in [0.4, 0.5) is 0 Å². The third kappa shape index (κ3) is 4.35. The predicted octanol–water partition coefficient (Wildman–Crippen LogP) is 3.47. The van der Waals surface area contributed by atoms with E-state index >= 15 is 0 Å². The molecule has 0 saturated carbocycles. The first kappa shape index (κ1) is 19.1. The number of likely N-dealkylation sites (tertiary alicyclic amines) is 1. The molecule has 1 fully saturated rings. The van der Waals surface area contributed by atoms with Crippen molar-refractivity contribution in [3.8, 4) is 11.5 Å². The first-order chi connectivity index (χ1) is 15.2. The van der Waals surface area contributed by atoms with Crippen molar-refractivity contribution in [1.29, 1.82) is 0 Å². The molecule has 0 spiro atoms. The molecule has 0 atom stereocenters. The Balaban J connectivity index is 1.09. The van der Waals surface area contributed by atoms with Crippen LogP contribution in [0.2, 0.25) is 0 Å². The molecular formula is C24H22N4O3. The number of ether oxygens (including phenoxy) is 2. The van der Waals surface area contributed by atoms with Gasteiger partial charge in [0, 0.05) is 13.1 Å². The summed E-state index contributed by atoms with van der Waals surface area (Å²) in [6, 6.07) is 23.6. The monoisotopic (exact) mass is 414 g/mol. The highest BCUT2D eigenvalue weighted by atomic mass is 16.5. The lowest BCUT2D eigenvalue weighted by Crippen LogP contribution is -2.52. The lowest BCUT2D eigenvalue weighted by atomic mass is 10.1. The van der Waals surface area contributed by atoms with E-state index in [1.807, 2.05) is 79.0 Å². The van der Waals surface area contributed by atoms with Crippen molar-refractivity contribution < 1.29 is 14.3 Å². The summed E-state index contributed by atoms with van der Waals surface area (Å²) in [7, 11) is 0. The molecular weight excluding hydrogens is 392 g/mol. The third-order valence-electron chi connectivity index (χ3n) is 5.36. The molecule has 31 heavy (non-hydrogen) atoms. The van der Waals surface area contributed by atoms with Gasteiger partial charge in [0.25, 0.3) is 5.91 Å². The Morgan fingerprint density at radius 3 is 2.52 bits per heavy atom. The van der Waals surface area contributed by atoms with Gasteiger partial charge < -0.3 is 14.4 Å². The van der Waals surface area contributed by atoms with Gasteiger partial charge in [0.2, 0.25) is 0 Å². The van der Waals surface area contributed by atoms with Crippen LogP contribution in [0.25, 0.3) is 10.8 Å². The van der Waals surface area contributed by atoms with Crippen LogP contribution in [0.15, 0.2) is 79.0 Å². The summed E-state index contributed by atoms with van der Waals surface area (Å²) in [5.74, 6) is 1.46. The molecule has 0 bridgehead atoms. The molecule has 4 aromatic rings. The van der Waals surface area contributed by atoms with Crippen LogP contribution < -0.4 is 9.47 Å². The zero-order valence-electron chi connectivity index (χ0n) is 16.9. The number of hydrogen-bond donors (Lipinski definition) is 0. The van der Waals surface area contributed by atoms with Crippen LogP contribution >= 0.6 is 0 Å². The molecule has 7 nitrogen and oxygen atoms in total. The van der Waals surface area contributed by atoms with Crippen molar-refractivity contribution in [1.82, 2.24) is 19.9 Å². The third-order valence-corrected chi connectivity index (χ3v) is 5.36. The molecule has 156 valence electrons. The van der Waals surface area contributed by atoms with Crippen LogP contribution in [0.3, 0.4) is 0 Å². The van der Waals surface area contributed by atoms with Gasteiger partial charge in [-0.1, -0.05) is 53.7 Å². The zero-order valence-corrected chi connectivity index (χ0v) is 16.9. The van der Waals surface area contributed by atoms with E-state index in [0.29, 0.717) is 25.4 Å². The van der Waals surface area contributed by atoms with Crippen molar-refractivity contribution in [3.63, 3.8) is 0 Å². The molecule has 1 aliphatic rings. The standard InChI is InChI=1S/C24H22N4O3/c29-24(17-31-23-11-10-18-6-4-5-7-19(18)12-23)27-14-21(15-27)28-13-20(25-26-28)16-30-22-8-2-1-3-9-22/h1-13,21H,14-17H2. The molecule has 1 amide bonds. The number of fused-ring (bicyclic) bond motifs is 1. The second-order valence-electron chi connectivity index (χ2n) is 7.54. The Kier molecular flexibility index (Phi) is 5.22. The highest BCUT2D eigenvalue weighted by molar-refractivity contribution is 5.84. The van der Waals surface area contributed by atoms with Crippen molar-refractivity contribution in [2.75, 3.05) is 19.7 Å². The second-order valence-corrected chi connectivity index (χ2v) is 7.54. The molecule has 0 unspecified atom stereocenters. The molecule has 2 heterocycles. The zero-order chi connectivity index (χ0) is 21.0. The lowest BCUT2D eigenvalue weighted by molar-refractivity contribution is -0.139. The minimum atomic E-state index is -0.0304. The van der Waals surface area contributed by atoms with E-state index in [1.165, 1.54) is 0 Å². The van der Waals surface area contributed by atoms with Gasteiger partial charge in [-0.25, -0.2) is 4.68 Å². The lowest BCUT2D eigenvalue weighted by Gasteiger charge is -2.38. The fourth-order valence-corrected chi connectivity index (χ4v) is 3.55. The maximum absolute atomic E-state index is 12.4. The van der Waals surface area contributed by atoms with E-state index in [0.717, 1.165) is 22.2 Å². The number of nitrogens with zero attached hydrogens (tertiary/aromatic N) is 4. The summed E-state index contributed by atoms with van der Waals surface area (Å²) in [4.78, 5) is 14.2. The summed E-state index contributed by atoms with van der Waals surface area (Å²) in [6.45, 7) is 1.59. The molecule has 0 radical (unpaired) electrons. The van der Waals surface area contributed by atoms with Gasteiger partial charge in [-0.15, -0.1) is 5.10 Å². The Labute approximate surface area is 179 Å². The second kappa shape index (κ2) is 8.47. The number of hydrogen-bond acceptors (Lipinski definition) is 5. The highest BCUT2D eigenvalue weighted by Gasteiger charge is 2.32. The first-order valence-electron chi connectivity index (χ1n) is 10.2. The van der Waals surface area contributed by atoms with Crippen LogP contribution in [0, 0.1) is 0 Å². The number of rotatable bonds is 7. The summed E-state index contributed by atoms with van der Waals surface area (Å²) >= 11 is 0. The van der Waals surface area contributed by atoms with Gasteiger partial charge in [0.05, 0.1) is 12.2 Å². The molecule has 5 rings (SSSR count). The maximum Gasteiger partial charge on any atom is 0.260 e. The summed E-state index contributed by atoms with van der Waals surface area (Å²) in [5.41, 5.74) is 0.758. The molecule has 0 aliphatic carbocycles. The van der Waals surface area contributed by atoms with Crippen LogP contribution in [-0.4, -0.2) is 45.5 Å². The SMILES string of the molecule is O=C(COc1ccc2ccccc2c1)N1CC(n2cc(COc3ccccc3)nn2)C1. The number of benzene rings is 3. The Bertz CT molecular complexity index is 1190. The molecule has 1 aromatic heterocycles. The van der Waals surface area contributed by atoms with Gasteiger partial charge in [0.1, 0.15) is 23.8 Å². The molecule has 1 aliphatic heterocycles. The van der Waals surface area contributed by atoms with Gasteiger partial charge >= 0.3 is 0 Å². The molecule has 7 heteroatoms. The molecule has 3 aromatic carbocycles. The number of carbonyl (C=O) groups is 1. The minimum Gasteiger partial charge on any atom is -0.487 e. The van der Waals surface area contributed by atoms with Crippen LogP contribution in [0.1, 0.15) is 11.7 Å². The van der Waals surface area contributed by atoms with E-state index in [1.54, 1.807) is 9.58 Å². The van der Waals surface area contributed by atoms with E-state index in [9.17, 15) is 4.79 Å². The number of carbonyl (C=O) groups excluding carboxylic acids is 1. The van der Waals surface area contributed by atoms with Crippen LogP contribution in [0.5, 0.6) is 11.5 Å². The normalized spacial score (nSPS) is 13.7. The van der Waals surface area contributed by atoms with E-state index in [2.05, 4.69) is 10.3 Å². The molecule has 1 saturated heterocycles. The van der Waals surface area contributed by atoms with Gasteiger partial charge in [-0.05, 0) is 35.0 Å². The van der Waals surface area contributed by atoms with Gasteiger partial charge in [-0.3, -0.25) is 4.79 Å². The fraction of sp³-hybridized carbons (Fsp3) is 0.208. The van der Waals surface area contributed by atoms with E-state index < -0.39 is 0 Å². The smallest absolute Gasteiger partial charge is 0.260 e. The van der Waals surface area contributed by atoms with Gasteiger partial charge in [0.15, 0.2) is 6.61 Å². The Morgan fingerprint density at radius 1 is 0.903 bits per heavy atom. The Hall–Kier alpha value is -3.87. The minimum absolute atomic E-state index is 0.0264. The predicted molar refractivity (Wildman–Crippen MR) is 116 cm³/mol. The van der Waals surface area contributed by atoms with Crippen molar-refractivity contribution >= 4 is 16.7 Å². The largest absolute Gasteiger partial charge is 0.487 e. The average Bonchev–Trinajstić information content (AvgIpc) is 3.24. The first-order valence-corrected chi connectivity index (χ1v) is 10.2. The topological polar surface area (TPSA) is 69.5 Å². The summed E-state index contributed by atoms with van der Waals surface area (Å²) in [6.07, 6.45) is 1.88. The highest BCUT2D eigenvalue weighted by Crippen LogP contribution is 2.23. The summed E-state index contributed by atoms with van der Waals surface area (Å²) < 4.78 is 13.2. The van der Waals surface area contributed by atoms with Crippen LogP contribution in [-0.2, 0) is 11.4 Å². The van der Waals surface area contributed by atoms with Gasteiger partial charge in [-0.2, -0.15) is 0 Å². The maximum atomic E-state index is 12.4. The quantitative estimate of drug-likeness (QED) is 0.463. The Morgan fingerprint density at radius 2 is 1.68 bits per heavy atom. The van der Waals surface area contributed by atoms with Crippen molar-refractivity contribution in [2.24, 2.45) is 0 Å². The summed E-state index contributed by atoms with van der Waals surface area (Å²) in [5, 5.41) is 10.6. The number of aromatic nitrogens is 3. The number of amides is 1. The average molecular weight is 414 g/mol. The number of para-hydroxylation sites is 1.